The lowest BCUT2D eigenvalue weighted by Crippen LogP contribution is -2.08. The minimum atomic E-state index is -0.966. The Labute approximate surface area is 73.7 Å². The Morgan fingerprint density at radius 2 is 2.17 bits per heavy atom. The molecule has 1 unspecified atom stereocenters. The van der Waals surface area contributed by atoms with Crippen LogP contribution in [-0.2, 0) is 4.74 Å². The Bertz CT molecular complexity index is 132. The molecule has 0 aliphatic rings. The van der Waals surface area contributed by atoms with Crippen LogP contribution >= 0.6 is 0 Å². The molecule has 0 aromatic carbocycles. The molecule has 72 valence electrons. The van der Waals surface area contributed by atoms with Crippen LogP contribution in [-0.4, -0.2) is 23.1 Å². The van der Waals surface area contributed by atoms with Crippen LogP contribution in [0, 0.1) is 0 Å². The summed E-state index contributed by atoms with van der Waals surface area (Å²) in [7, 11) is 0. The molecule has 0 saturated carbocycles. The van der Waals surface area contributed by atoms with Gasteiger partial charge in [0, 0.05) is 19.1 Å². The summed E-state index contributed by atoms with van der Waals surface area (Å²) >= 11 is 0. The molecule has 0 aromatic heterocycles. The number of allylic oxidation sites excluding steroid dienone is 1. The molecule has 0 radical (unpaired) electrons. The number of unbranched alkanes of at least 4 members (excludes halogenated alkanes) is 1. The standard InChI is InChI=1S/C9H18O3/c1-3-5-6-8(10)7-9(11)12-4-2/h7,9-11H,3-6H2,1-2H3. The van der Waals surface area contributed by atoms with Gasteiger partial charge in [-0.25, -0.2) is 0 Å². The molecule has 0 spiro atoms. The lowest BCUT2D eigenvalue weighted by atomic mass is 10.2. The van der Waals surface area contributed by atoms with Crippen molar-refractivity contribution in [2.75, 3.05) is 6.61 Å². The van der Waals surface area contributed by atoms with Crippen LogP contribution in [0.1, 0.15) is 33.1 Å². The monoisotopic (exact) mass is 174 g/mol. The number of hydrogen-bond acceptors (Lipinski definition) is 3. The fourth-order valence-corrected chi connectivity index (χ4v) is 0.825. The van der Waals surface area contributed by atoms with Crippen molar-refractivity contribution in [1.82, 2.24) is 0 Å². The van der Waals surface area contributed by atoms with Gasteiger partial charge in [0.25, 0.3) is 0 Å². The maximum absolute atomic E-state index is 9.20. The van der Waals surface area contributed by atoms with Crippen molar-refractivity contribution in [2.24, 2.45) is 0 Å². The largest absolute Gasteiger partial charge is 0.512 e. The molecule has 12 heavy (non-hydrogen) atoms. The minimum absolute atomic E-state index is 0.206. The van der Waals surface area contributed by atoms with E-state index in [2.05, 4.69) is 0 Å². The number of ether oxygens (including phenoxy) is 1. The SMILES string of the molecule is CCCCC(O)=CC(O)OCC. The zero-order chi connectivity index (χ0) is 9.40. The molecule has 0 heterocycles. The molecule has 0 fully saturated rings. The van der Waals surface area contributed by atoms with Gasteiger partial charge in [0.1, 0.15) is 0 Å². The molecule has 2 N–H and O–H groups in total. The van der Waals surface area contributed by atoms with Crippen LogP contribution < -0.4 is 0 Å². The molecular weight excluding hydrogens is 156 g/mol. The average Bonchev–Trinajstić information content (AvgIpc) is 2.01. The lowest BCUT2D eigenvalue weighted by Gasteiger charge is -2.05. The van der Waals surface area contributed by atoms with Crippen LogP contribution in [0.4, 0.5) is 0 Å². The van der Waals surface area contributed by atoms with Gasteiger partial charge in [0.15, 0.2) is 6.29 Å². The summed E-state index contributed by atoms with van der Waals surface area (Å²) in [6.07, 6.45) is 2.94. The Morgan fingerprint density at radius 3 is 2.67 bits per heavy atom. The molecule has 0 aliphatic carbocycles. The van der Waals surface area contributed by atoms with Crippen molar-refractivity contribution in [3.05, 3.63) is 11.8 Å². The zero-order valence-corrected chi connectivity index (χ0v) is 7.79. The van der Waals surface area contributed by atoms with Gasteiger partial charge in [0.2, 0.25) is 0 Å². The Hall–Kier alpha value is -0.540. The molecule has 0 saturated heterocycles. The van der Waals surface area contributed by atoms with E-state index in [1.54, 1.807) is 6.92 Å². The summed E-state index contributed by atoms with van der Waals surface area (Å²) in [5.74, 6) is 0.206. The molecular formula is C9H18O3. The summed E-state index contributed by atoms with van der Waals surface area (Å²) in [6.45, 7) is 4.28. The molecule has 0 bridgehead atoms. The summed E-state index contributed by atoms with van der Waals surface area (Å²) in [6, 6.07) is 0. The molecule has 0 amide bonds. The van der Waals surface area contributed by atoms with Gasteiger partial charge in [-0.15, -0.1) is 0 Å². The maximum Gasteiger partial charge on any atom is 0.177 e. The van der Waals surface area contributed by atoms with Gasteiger partial charge in [-0.1, -0.05) is 13.3 Å². The molecule has 3 heteroatoms. The third-order valence-corrected chi connectivity index (χ3v) is 1.46. The van der Waals surface area contributed by atoms with E-state index in [1.807, 2.05) is 6.92 Å². The lowest BCUT2D eigenvalue weighted by molar-refractivity contribution is -0.0605. The first kappa shape index (κ1) is 11.5. The van der Waals surface area contributed by atoms with Crippen molar-refractivity contribution in [1.29, 1.82) is 0 Å². The highest BCUT2D eigenvalue weighted by atomic mass is 16.6. The smallest absolute Gasteiger partial charge is 0.177 e. The van der Waals surface area contributed by atoms with Gasteiger partial charge < -0.3 is 14.9 Å². The fourth-order valence-electron chi connectivity index (χ4n) is 0.825. The second-order valence-electron chi connectivity index (χ2n) is 2.61. The number of rotatable bonds is 6. The third-order valence-electron chi connectivity index (χ3n) is 1.46. The first-order chi connectivity index (χ1) is 5.70. The summed E-state index contributed by atoms with van der Waals surface area (Å²) in [4.78, 5) is 0. The quantitative estimate of drug-likeness (QED) is 0.478. The van der Waals surface area contributed by atoms with Crippen molar-refractivity contribution >= 4 is 0 Å². The second kappa shape index (κ2) is 7.13. The van der Waals surface area contributed by atoms with E-state index in [0.717, 1.165) is 12.8 Å². The van der Waals surface area contributed by atoms with Crippen LogP contribution in [0.3, 0.4) is 0 Å². The average molecular weight is 174 g/mol. The first-order valence-electron chi connectivity index (χ1n) is 4.40. The number of aliphatic hydroxyl groups is 2. The van der Waals surface area contributed by atoms with Crippen molar-refractivity contribution in [3.8, 4) is 0 Å². The Balaban J connectivity index is 3.64. The minimum Gasteiger partial charge on any atom is -0.512 e. The van der Waals surface area contributed by atoms with E-state index in [-0.39, 0.29) is 5.76 Å². The summed E-state index contributed by atoms with van der Waals surface area (Å²) in [5, 5.41) is 18.3. The highest BCUT2D eigenvalue weighted by Crippen LogP contribution is 2.05. The predicted molar refractivity (Wildman–Crippen MR) is 47.9 cm³/mol. The first-order valence-corrected chi connectivity index (χ1v) is 4.40. The van der Waals surface area contributed by atoms with Crippen LogP contribution in [0.25, 0.3) is 0 Å². The van der Waals surface area contributed by atoms with E-state index >= 15 is 0 Å². The topological polar surface area (TPSA) is 49.7 Å². The van der Waals surface area contributed by atoms with E-state index in [1.165, 1.54) is 6.08 Å². The Morgan fingerprint density at radius 1 is 1.50 bits per heavy atom. The number of aliphatic hydroxyl groups excluding tert-OH is 2. The van der Waals surface area contributed by atoms with E-state index in [4.69, 9.17) is 9.84 Å². The molecule has 0 aromatic rings. The third kappa shape index (κ3) is 6.19. The number of hydrogen-bond donors (Lipinski definition) is 2. The van der Waals surface area contributed by atoms with Crippen LogP contribution in [0.5, 0.6) is 0 Å². The fraction of sp³-hybridized carbons (Fsp3) is 0.778. The van der Waals surface area contributed by atoms with Crippen molar-refractivity contribution < 1.29 is 14.9 Å². The summed E-state index contributed by atoms with van der Waals surface area (Å²) in [5.41, 5.74) is 0. The van der Waals surface area contributed by atoms with Gasteiger partial charge >= 0.3 is 0 Å². The summed E-state index contributed by atoms with van der Waals surface area (Å²) < 4.78 is 4.81. The van der Waals surface area contributed by atoms with Crippen molar-refractivity contribution in [2.45, 2.75) is 39.4 Å². The van der Waals surface area contributed by atoms with Gasteiger partial charge in [-0.3, -0.25) is 0 Å². The van der Waals surface area contributed by atoms with Crippen LogP contribution in [0.15, 0.2) is 11.8 Å². The Kier molecular flexibility index (Phi) is 6.81. The van der Waals surface area contributed by atoms with Gasteiger partial charge in [-0.05, 0) is 13.3 Å². The van der Waals surface area contributed by atoms with Crippen molar-refractivity contribution in [3.63, 3.8) is 0 Å². The maximum atomic E-state index is 9.20. The zero-order valence-electron chi connectivity index (χ0n) is 7.79. The molecule has 3 nitrogen and oxygen atoms in total. The molecule has 0 rings (SSSR count). The van der Waals surface area contributed by atoms with E-state index in [9.17, 15) is 5.11 Å². The highest BCUT2D eigenvalue weighted by molar-refractivity contribution is 4.92. The normalized spacial score (nSPS) is 14.8. The van der Waals surface area contributed by atoms with E-state index < -0.39 is 6.29 Å². The van der Waals surface area contributed by atoms with Gasteiger partial charge in [0.05, 0.1) is 5.76 Å². The molecule has 1 atom stereocenters. The van der Waals surface area contributed by atoms with E-state index in [0.29, 0.717) is 13.0 Å². The molecule has 0 aliphatic heterocycles. The van der Waals surface area contributed by atoms with Gasteiger partial charge in [-0.2, -0.15) is 0 Å². The van der Waals surface area contributed by atoms with Crippen LogP contribution in [0.2, 0.25) is 0 Å². The predicted octanol–water partition coefficient (Wildman–Crippen LogP) is 1.97. The highest BCUT2D eigenvalue weighted by Gasteiger charge is 2.00. The second-order valence-corrected chi connectivity index (χ2v) is 2.61.